The molecule has 3 aliphatic heterocycles. The third-order valence-electron chi connectivity index (χ3n) is 7.63. The minimum absolute atomic E-state index is 0.0826. The first-order valence-corrected chi connectivity index (χ1v) is 13.2. The molecule has 3 heterocycles. The molecular weight excluding hydrogens is 580 g/mol. The average Bonchev–Trinajstić information content (AvgIpc) is 2.96. The van der Waals surface area contributed by atoms with Crippen molar-refractivity contribution in [1.82, 2.24) is 0 Å². The van der Waals surface area contributed by atoms with Gasteiger partial charge in [-0.1, -0.05) is 6.07 Å². The van der Waals surface area contributed by atoms with E-state index < -0.39 is 109 Å². The number of carbonyl (C=O) groups excluding carboxylic acids is 1. The van der Waals surface area contributed by atoms with Crippen LogP contribution in [0.2, 0.25) is 0 Å². The highest BCUT2D eigenvalue weighted by Crippen LogP contribution is 2.44. The van der Waals surface area contributed by atoms with Crippen molar-refractivity contribution in [3.05, 3.63) is 41.5 Å². The van der Waals surface area contributed by atoms with Gasteiger partial charge < -0.3 is 74.7 Å². The maximum absolute atomic E-state index is 13.7. The van der Waals surface area contributed by atoms with Crippen molar-refractivity contribution in [3.63, 3.8) is 0 Å². The fourth-order valence-corrected chi connectivity index (χ4v) is 5.25. The van der Waals surface area contributed by atoms with Gasteiger partial charge in [-0.25, -0.2) is 0 Å². The van der Waals surface area contributed by atoms with Crippen LogP contribution >= 0.6 is 0 Å². The van der Waals surface area contributed by atoms with E-state index in [0.29, 0.717) is 0 Å². The maximum Gasteiger partial charge on any atom is 0.203 e. The normalized spacial score (nSPS) is 37.9. The van der Waals surface area contributed by atoms with E-state index in [1.807, 2.05) is 0 Å². The van der Waals surface area contributed by atoms with Gasteiger partial charge in [-0.2, -0.15) is 0 Å². The Labute approximate surface area is 243 Å². The van der Waals surface area contributed by atoms with Gasteiger partial charge in [0.15, 0.2) is 36.3 Å². The minimum Gasteiger partial charge on any atom is -0.508 e. The van der Waals surface area contributed by atoms with Crippen molar-refractivity contribution in [2.45, 2.75) is 80.5 Å². The molecule has 5 rings (SSSR count). The molecule has 0 spiro atoms. The fraction of sp³-hybridized carbons (Fsp3) is 0.519. The quantitative estimate of drug-likeness (QED) is 0.156. The van der Waals surface area contributed by atoms with Gasteiger partial charge >= 0.3 is 0 Å². The Balaban J connectivity index is 1.47. The Bertz CT molecular complexity index is 1340. The molecule has 2 aromatic rings. The largest absolute Gasteiger partial charge is 0.508 e. The first-order valence-electron chi connectivity index (χ1n) is 13.2. The second-order valence-electron chi connectivity index (χ2n) is 10.5. The van der Waals surface area contributed by atoms with E-state index in [2.05, 4.69) is 0 Å². The molecule has 10 N–H and O–H groups in total. The number of aliphatic hydroxyl groups excluding tert-OH is 6. The van der Waals surface area contributed by atoms with Crippen molar-refractivity contribution in [1.29, 1.82) is 0 Å². The zero-order valence-electron chi connectivity index (χ0n) is 22.4. The van der Waals surface area contributed by atoms with Gasteiger partial charge in [0.1, 0.15) is 65.5 Å². The van der Waals surface area contributed by atoms with Gasteiger partial charge in [-0.15, -0.1) is 0 Å². The first kappa shape index (κ1) is 31.1. The van der Waals surface area contributed by atoms with Gasteiger partial charge in [0.2, 0.25) is 5.78 Å². The van der Waals surface area contributed by atoms with Crippen LogP contribution < -0.4 is 4.74 Å². The summed E-state index contributed by atoms with van der Waals surface area (Å²) in [6, 6.07) is 5.43. The number of aromatic hydroxyl groups is 4. The number of benzene rings is 2. The van der Waals surface area contributed by atoms with Crippen LogP contribution in [0.25, 0.3) is 0 Å². The molecule has 16 nitrogen and oxygen atoms in total. The molecule has 3 aliphatic rings. The molecule has 2 aromatic carbocycles. The van der Waals surface area contributed by atoms with E-state index in [0.717, 1.165) is 24.3 Å². The lowest BCUT2D eigenvalue weighted by atomic mass is 9.92. The molecule has 16 heteroatoms. The van der Waals surface area contributed by atoms with Crippen LogP contribution in [0.5, 0.6) is 28.7 Å². The highest BCUT2D eigenvalue weighted by atomic mass is 16.7. The molecule has 12 atom stereocenters. The van der Waals surface area contributed by atoms with Crippen molar-refractivity contribution < 1.29 is 79.5 Å². The van der Waals surface area contributed by atoms with Crippen LogP contribution in [-0.2, 0) is 18.9 Å². The van der Waals surface area contributed by atoms with Crippen LogP contribution in [0.4, 0.5) is 0 Å². The van der Waals surface area contributed by atoms with Crippen molar-refractivity contribution in [2.24, 2.45) is 0 Å². The number of phenols is 4. The molecule has 0 aliphatic carbocycles. The molecule has 0 aromatic heterocycles. The van der Waals surface area contributed by atoms with Gasteiger partial charge in [0.05, 0.1) is 12.7 Å². The van der Waals surface area contributed by atoms with Gasteiger partial charge in [-0.3, -0.25) is 4.79 Å². The highest BCUT2D eigenvalue weighted by molar-refractivity contribution is 6.05. The predicted octanol–water partition coefficient (Wildman–Crippen LogP) is -2.14. The fourth-order valence-electron chi connectivity index (χ4n) is 5.25. The number of phenolic OH excluding ortho intramolecular Hbond substituents is 4. The van der Waals surface area contributed by atoms with Gasteiger partial charge in [0.25, 0.3) is 0 Å². The molecule has 43 heavy (non-hydrogen) atoms. The first-order chi connectivity index (χ1) is 20.3. The number of aliphatic hydroxyl groups is 6. The van der Waals surface area contributed by atoms with Crippen molar-refractivity contribution in [2.75, 3.05) is 6.61 Å². The Hall–Kier alpha value is -3.29. The molecule has 2 saturated heterocycles. The lowest BCUT2D eigenvalue weighted by Crippen LogP contribution is -2.64. The molecule has 236 valence electrons. The molecular formula is C27H32O16. The summed E-state index contributed by atoms with van der Waals surface area (Å²) < 4.78 is 28.3. The summed E-state index contributed by atoms with van der Waals surface area (Å²) >= 11 is 0. The Morgan fingerprint density at radius 3 is 2.14 bits per heavy atom. The van der Waals surface area contributed by atoms with E-state index in [4.69, 9.17) is 23.7 Å². The molecule has 0 radical (unpaired) electrons. The molecule has 0 amide bonds. The maximum atomic E-state index is 13.7. The summed E-state index contributed by atoms with van der Waals surface area (Å²) in [5.74, 6) is -3.30. The highest BCUT2D eigenvalue weighted by Gasteiger charge is 2.52. The zero-order valence-corrected chi connectivity index (χ0v) is 22.4. The average molecular weight is 613 g/mol. The van der Waals surface area contributed by atoms with E-state index >= 15 is 0 Å². The monoisotopic (exact) mass is 612 g/mol. The standard InChI is InChI=1S/C27H32O16/c1-8-17(33)20(36)21(37)26(39-8)42-24-18(34)15(7-28)41-27(22(24)38)43-25-19(35)16-13(32)5-10(29)6-14(16)40-23(25)9-2-3-11(30)12(31)4-9/h2-6,8,15,17-18,20-34,36-38H,7H2,1H3/t8-,15+,17-,18+,20+,21+,22+,23+,24-,25-,26-,27-/m0/s1. The molecule has 0 bridgehead atoms. The number of rotatable bonds is 6. The van der Waals surface area contributed by atoms with Crippen LogP contribution in [0.1, 0.15) is 28.9 Å². The lowest BCUT2D eigenvalue weighted by molar-refractivity contribution is -0.361. The third-order valence-corrected chi connectivity index (χ3v) is 7.63. The summed E-state index contributed by atoms with van der Waals surface area (Å²) in [6.45, 7) is 0.561. The predicted molar refractivity (Wildman–Crippen MR) is 137 cm³/mol. The molecule has 2 fully saturated rings. The second kappa shape index (κ2) is 12.0. The number of ether oxygens (including phenoxy) is 5. The third kappa shape index (κ3) is 5.69. The molecule has 0 saturated carbocycles. The zero-order chi connectivity index (χ0) is 31.3. The smallest absolute Gasteiger partial charge is 0.203 e. The van der Waals surface area contributed by atoms with Crippen LogP contribution in [-0.4, -0.2) is 131 Å². The van der Waals surface area contributed by atoms with Crippen LogP contribution in [0, 0.1) is 0 Å². The number of Topliss-reactive ketones (excluding diaryl/α,β-unsaturated/α-hetero) is 1. The molecule has 0 unspecified atom stereocenters. The Morgan fingerprint density at radius 1 is 0.767 bits per heavy atom. The van der Waals surface area contributed by atoms with Gasteiger partial charge in [0, 0.05) is 12.1 Å². The van der Waals surface area contributed by atoms with Crippen LogP contribution in [0.3, 0.4) is 0 Å². The summed E-state index contributed by atoms with van der Waals surface area (Å²) in [5, 5.41) is 103. The van der Waals surface area contributed by atoms with Crippen molar-refractivity contribution >= 4 is 5.78 Å². The Morgan fingerprint density at radius 2 is 1.47 bits per heavy atom. The van der Waals surface area contributed by atoms with E-state index in [-0.39, 0.29) is 16.9 Å². The number of ketones is 1. The summed E-state index contributed by atoms with van der Waals surface area (Å²) in [5.41, 5.74) is -0.307. The SMILES string of the molecule is C[C@@H]1O[C@@H](O[C@@H]2[C@@H](O)[C@H](O[C@H]3C(=O)c4c(O)cc(O)cc4O[C@@H]3c3ccc(O)c(O)c3)O[C@H](CO)[C@H]2O)[C@H](O)[C@H](O)[C@H]1O. The van der Waals surface area contributed by atoms with Gasteiger partial charge in [-0.05, 0) is 24.6 Å². The summed E-state index contributed by atoms with van der Waals surface area (Å²) in [4.78, 5) is 13.7. The lowest BCUT2D eigenvalue weighted by Gasteiger charge is -2.46. The second-order valence-corrected chi connectivity index (χ2v) is 10.5. The Kier molecular flexibility index (Phi) is 8.70. The van der Waals surface area contributed by atoms with E-state index in [9.17, 15) is 55.9 Å². The van der Waals surface area contributed by atoms with E-state index in [1.54, 1.807) is 0 Å². The van der Waals surface area contributed by atoms with Crippen molar-refractivity contribution in [3.8, 4) is 28.7 Å². The number of hydrogen-bond donors (Lipinski definition) is 10. The number of carbonyl (C=O) groups is 1. The van der Waals surface area contributed by atoms with E-state index in [1.165, 1.54) is 13.0 Å². The summed E-state index contributed by atoms with van der Waals surface area (Å²) in [7, 11) is 0. The number of fused-ring (bicyclic) bond motifs is 1. The van der Waals surface area contributed by atoms with Crippen LogP contribution in [0.15, 0.2) is 30.3 Å². The summed E-state index contributed by atoms with van der Waals surface area (Å²) in [6.07, 6.45) is -19.5. The minimum atomic E-state index is -1.94. The topological polar surface area (TPSA) is 266 Å². The number of hydrogen-bond acceptors (Lipinski definition) is 16.